The second-order valence-corrected chi connectivity index (χ2v) is 9.80. The van der Waals surface area contributed by atoms with E-state index in [2.05, 4.69) is 20.0 Å². The first-order valence-corrected chi connectivity index (χ1v) is 13.2. The number of nitrogens with one attached hydrogen (secondary N) is 1. The SMILES string of the molecule is COc1cc(/C=C/c2ccc3ccc(C(=O)O)c(O)c3n2)cc(O)c1O.Cc1cn([C@H]2C[C@H](N=[N+]=[N-])[C@@H](CO)O2)c(=O)[nH]c1=O. The highest BCUT2D eigenvalue weighted by molar-refractivity contribution is 5.99. The third kappa shape index (κ3) is 7.05. The van der Waals surface area contributed by atoms with E-state index in [0.717, 1.165) is 0 Å². The highest BCUT2D eigenvalue weighted by atomic mass is 16.5. The zero-order valence-electron chi connectivity index (χ0n) is 23.9. The minimum atomic E-state index is -1.24. The predicted molar refractivity (Wildman–Crippen MR) is 160 cm³/mol. The van der Waals surface area contributed by atoms with Crippen LogP contribution in [0.25, 0.3) is 33.5 Å². The van der Waals surface area contributed by atoms with Crippen molar-refractivity contribution >= 4 is 29.0 Å². The van der Waals surface area contributed by atoms with E-state index in [1.54, 1.807) is 37.3 Å². The molecule has 16 nitrogen and oxygen atoms in total. The number of hydrogen-bond acceptors (Lipinski definition) is 11. The van der Waals surface area contributed by atoms with Crippen LogP contribution in [0.15, 0.2) is 57.3 Å². The maximum atomic E-state index is 11.7. The van der Waals surface area contributed by atoms with Gasteiger partial charge in [-0.3, -0.25) is 14.3 Å². The fourth-order valence-corrected chi connectivity index (χ4v) is 4.54. The molecule has 2 aromatic carbocycles. The standard InChI is InChI=1S/C19H15NO6.C10H13N5O4/c1-26-15-9-10(8-14(21)18(15)23)2-5-12-6-3-11-4-7-13(19(24)25)17(22)16(11)20-12;1-5-3-15(10(18)12-9(5)17)8-2-6(13-14-11)7(4-16)19-8/h2-9,21-23H,1H3,(H,24,25);3,6-8,16H,2,4H2,1H3,(H,12,17,18)/b5-2+;/t;6-,7+,8+/m.0/s1. The zero-order valence-corrected chi connectivity index (χ0v) is 23.9. The number of aryl methyl sites for hydroxylation is 1. The summed E-state index contributed by atoms with van der Waals surface area (Å²) in [5.74, 6) is -2.17. The summed E-state index contributed by atoms with van der Waals surface area (Å²) in [5.41, 5.74) is 8.74. The van der Waals surface area contributed by atoms with Gasteiger partial charge < -0.3 is 35.0 Å². The molecule has 0 amide bonds. The zero-order chi connectivity index (χ0) is 32.8. The lowest BCUT2D eigenvalue weighted by atomic mass is 10.1. The van der Waals surface area contributed by atoms with Gasteiger partial charge in [0, 0.05) is 28.5 Å². The number of aromatic hydroxyl groups is 3. The highest BCUT2D eigenvalue weighted by Crippen LogP contribution is 2.37. The van der Waals surface area contributed by atoms with Gasteiger partial charge in [0.15, 0.2) is 17.2 Å². The van der Waals surface area contributed by atoms with Crippen molar-refractivity contribution in [2.45, 2.75) is 31.7 Å². The predicted octanol–water partition coefficient (Wildman–Crippen LogP) is 3.03. The number of azide groups is 1. The number of nitrogens with zero attached hydrogens (tertiary/aromatic N) is 5. The molecule has 0 saturated carbocycles. The van der Waals surface area contributed by atoms with Crippen LogP contribution < -0.4 is 16.0 Å². The van der Waals surface area contributed by atoms with Crippen molar-refractivity contribution in [2.24, 2.45) is 5.11 Å². The van der Waals surface area contributed by atoms with Crippen molar-refractivity contribution in [2.75, 3.05) is 13.7 Å². The summed E-state index contributed by atoms with van der Waals surface area (Å²) in [6.07, 6.45) is 3.58. The van der Waals surface area contributed by atoms with Crippen LogP contribution in [0, 0.1) is 6.92 Å². The monoisotopic (exact) mass is 620 g/mol. The molecular weight excluding hydrogens is 592 g/mol. The van der Waals surface area contributed by atoms with Gasteiger partial charge in [-0.05, 0) is 48.4 Å². The number of pyridine rings is 1. The summed E-state index contributed by atoms with van der Waals surface area (Å²) in [6, 6.07) is 8.66. The van der Waals surface area contributed by atoms with Gasteiger partial charge in [0.05, 0.1) is 31.6 Å². The fraction of sp³-hybridized carbons (Fsp3) is 0.241. The molecule has 0 spiro atoms. The molecular formula is C29H28N6O10. The van der Waals surface area contributed by atoms with Crippen molar-refractivity contribution in [1.29, 1.82) is 0 Å². The number of carboxylic acid groups (broad SMARTS) is 1. The molecule has 16 heteroatoms. The van der Waals surface area contributed by atoms with E-state index in [1.807, 2.05) is 0 Å². The Labute approximate surface area is 253 Å². The number of fused-ring (bicyclic) bond motifs is 1. The lowest BCUT2D eigenvalue weighted by molar-refractivity contribution is -0.0271. The maximum absolute atomic E-state index is 11.7. The van der Waals surface area contributed by atoms with Gasteiger partial charge in [-0.2, -0.15) is 0 Å². The number of aromatic carboxylic acids is 1. The number of phenols is 3. The molecule has 6 N–H and O–H groups in total. The molecule has 0 bridgehead atoms. The Morgan fingerprint density at radius 1 is 1.20 bits per heavy atom. The van der Waals surface area contributed by atoms with E-state index in [1.165, 1.54) is 36.1 Å². The van der Waals surface area contributed by atoms with Crippen LogP contribution in [-0.4, -0.2) is 71.9 Å². The molecule has 0 aliphatic carbocycles. The first-order chi connectivity index (χ1) is 21.5. The first kappa shape index (κ1) is 32.1. The van der Waals surface area contributed by atoms with E-state index in [0.29, 0.717) is 22.2 Å². The van der Waals surface area contributed by atoms with E-state index in [-0.39, 0.29) is 41.4 Å². The van der Waals surface area contributed by atoms with E-state index >= 15 is 0 Å². The van der Waals surface area contributed by atoms with Crippen LogP contribution in [0.2, 0.25) is 0 Å². The van der Waals surface area contributed by atoms with Gasteiger partial charge in [-0.15, -0.1) is 0 Å². The Morgan fingerprint density at radius 2 is 1.93 bits per heavy atom. The second kappa shape index (κ2) is 13.6. The fourth-order valence-electron chi connectivity index (χ4n) is 4.54. The van der Waals surface area contributed by atoms with Gasteiger partial charge in [-0.25, -0.2) is 14.6 Å². The molecule has 1 aliphatic heterocycles. The van der Waals surface area contributed by atoms with Gasteiger partial charge in [0.2, 0.25) is 5.75 Å². The third-order valence-electron chi connectivity index (χ3n) is 6.87. The van der Waals surface area contributed by atoms with E-state index in [9.17, 15) is 29.7 Å². The number of aliphatic hydroxyl groups excluding tert-OH is 1. The molecule has 2 aromatic heterocycles. The van der Waals surface area contributed by atoms with Crippen molar-refractivity contribution in [3.8, 4) is 23.0 Å². The quantitative estimate of drug-likeness (QED) is 0.0757. The number of aromatic amines is 1. The first-order valence-electron chi connectivity index (χ1n) is 13.2. The number of methoxy groups -OCH3 is 1. The summed E-state index contributed by atoms with van der Waals surface area (Å²) in [7, 11) is 1.37. The Balaban J connectivity index is 0.000000215. The summed E-state index contributed by atoms with van der Waals surface area (Å²) in [5, 5.41) is 51.8. The highest BCUT2D eigenvalue weighted by Gasteiger charge is 2.35. The number of H-pyrrole nitrogens is 1. The molecule has 0 radical (unpaired) electrons. The van der Waals surface area contributed by atoms with Crippen molar-refractivity contribution < 1.29 is 39.8 Å². The number of hydrogen-bond donors (Lipinski definition) is 6. The van der Waals surface area contributed by atoms with Crippen molar-refractivity contribution in [3.05, 3.63) is 96.3 Å². The van der Waals surface area contributed by atoms with Crippen LogP contribution in [0.3, 0.4) is 0 Å². The Kier molecular flexibility index (Phi) is 9.73. The smallest absolute Gasteiger partial charge is 0.339 e. The number of carboxylic acids is 1. The number of carbonyl (C=O) groups is 1. The topological polar surface area (TPSA) is 253 Å². The molecule has 3 atom stereocenters. The van der Waals surface area contributed by atoms with Gasteiger partial charge >= 0.3 is 11.7 Å². The number of benzene rings is 2. The largest absolute Gasteiger partial charge is 0.505 e. The molecule has 1 saturated heterocycles. The molecule has 1 aliphatic rings. The molecule has 5 rings (SSSR count). The van der Waals surface area contributed by atoms with Crippen LogP contribution in [0.4, 0.5) is 0 Å². The summed E-state index contributed by atoms with van der Waals surface area (Å²) in [6.45, 7) is 1.26. The van der Waals surface area contributed by atoms with Gasteiger partial charge in [0.1, 0.15) is 17.3 Å². The Morgan fingerprint density at radius 3 is 2.60 bits per heavy atom. The lowest BCUT2D eigenvalue weighted by Crippen LogP contribution is -2.33. The average molecular weight is 621 g/mol. The summed E-state index contributed by atoms with van der Waals surface area (Å²) < 4.78 is 11.7. The lowest BCUT2D eigenvalue weighted by Gasteiger charge is -2.14. The van der Waals surface area contributed by atoms with Crippen LogP contribution >= 0.6 is 0 Å². The minimum Gasteiger partial charge on any atom is -0.505 e. The van der Waals surface area contributed by atoms with Gasteiger partial charge in [0.25, 0.3) is 5.56 Å². The summed E-state index contributed by atoms with van der Waals surface area (Å²) in [4.78, 5) is 43.2. The molecule has 1 fully saturated rings. The summed E-state index contributed by atoms with van der Waals surface area (Å²) >= 11 is 0. The van der Waals surface area contributed by atoms with Crippen molar-refractivity contribution in [3.63, 3.8) is 0 Å². The molecule has 0 unspecified atom stereocenters. The van der Waals surface area contributed by atoms with Crippen LogP contribution in [0.1, 0.15) is 39.8 Å². The second-order valence-electron chi connectivity index (χ2n) is 9.80. The number of rotatable bonds is 7. The number of aliphatic hydroxyl groups is 1. The Bertz CT molecular complexity index is 1950. The van der Waals surface area contributed by atoms with Crippen LogP contribution in [-0.2, 0) is 4.74 Å². The molecule has 45 heavy (non-hydrogen) atoms. The minimum absolute atomic E-state index is 0.125. The molecule has 234 valence electrons. The number of ether oxygens (including phenoxy) is 2. The number of phenolic OH excluding ortho intramolecular Hbond substituents is 2. The Hall–Kier alpha value is -5.83. The average Bonchev–Trinajstić information content (AvgIpc) is 3.42. The van der Waals surface area contributed by atoms with Gasteiger partial charge in [-0.1, -0.05) is 23.3 Å². The third-order valence-corrected chi connectivity index (χ3v) is 6.87. The molecule has 3 heterocycles. The molecule has 4 aromatic rings. The van der Waals surface area contributed by atoms with Crippen molar-refractivity contribution in [1.82, 2.24) is 14.5 Å². The number of aromatic nitrogens is 3. The van der Waals surface area contributed by atoms with E-state index in [4.69, 9.17) is 25.2 Å². The van der Waals surface area contributed by atoms with E-state index < -0.39 is 41.3 Å². The normalized spacial score (nSPS) is 17.4. The maximum Gasteiger partial charge on any atom is 0.339 e. The van der Waals surface area contributed by atoms with Crippen LogP contribution in [0.5, 0.6) is 23.0 Å².